The monoisotopic (exact) mass is 300 g/mol. The van der Waals surface area contributed by atoms with Crippen molar-refractivity contribution >= 4 is 5.97 Å². The lowest BCUT2D eigenvalue weighted by molar-refractivity contribution is -0.141. The summed E-state index contributed by atoms with van der Waals surface area (Å²) in [4.78, 5) is 17.9. The zero-order valence-electron chi connectivity index (χ0n) is 12.6. The van der Waals surface area contributed by atoms with Crippen molar-refractivity contribution in [2.24, 2.45) is 5.92 Å². The number of rotatable bonds is 5. The predicted octanol–water partition coefficient (Wildman–Crippen LogP) is 2.54. The highest BCUT2D eigenvalue weighted by atomic mass is 16.4. The molecule has 116 valence electrons. The number of nitrogens with zero attached hydrogens (tertiary/aromatic N) is 2. The van der Waals surface area contributed by atoms with Gasteiger partial charge in [0.2, 0.25) is 5.89 Å². The van der Waals surface area contributed by atoms with Crippen LogP contribution >= 0.6 is 0 Å². The summed E-state index contributed by atoms with van der Waals surface area (Å²) in [6.07, 6.45) is 2.56. The largest absolute Gasteiger partial charge is 0.481 e. The molecule has 2 heterocycles. The normalized spacial score (nSPS) is 22.0. The van der Waals surface area contributed by atoms with Gasteiger partial charge in [-0.25, -0.2) is 4.98 Å². The maximum Gasteiger partial charge on any atom is 0.308 e. The summed E-state index contributed by atoms with van der Waals surface area (Å²) in [5, 5.41) is 9.51. The molecule has 1 aliphatic rings. The van der Waals surface area contributed by atoms with Gasteiger partial charge in [0.05, 0.1) is 18.7 Å². The van der Waals surface area contributed by atoms with Crippen LogP contribution in [0, 0.1) is 5.92 Å². The molecule has 1 aliphatic heterocycles. The fourth-order valence-electron chi connectivity index (χ4n) is 3.08. The van der Waals surface area contributed by atoms with Crippen molar-refractivity contribution in [3.05, 3.63) is 53.7 Å². The number of aromatic nitrogens is 1. The Balaban J connectivity index is 1.74. The number of hydrogen-bond donors (Lipinski definition) is 1. The second-order valence-corrected chi connectivity index (χ2v) is 5.73. The highest BCUT2D eigenvalue weighted by molar-refractivity contribution is 5.72. The Labute approximate surface area is 129 Å². The minimum Gasteiger partial charge on any atom is -0.481 e. The van der Waals surface area contributed by atoms with Gasteiger partial charge in [-0.05, 0) is 5.56 Å². The summed E-state index contributed by atoms with van der Waals surface area (Å²) in [6, 6.07) is 9.87. The molecule has 1 N–H and O–H groups in total. The molecule has 0 aliphatic carbocycles. The van der Waals surface area contributed by atoms with E-state index in [2.05, 4.69) is 9.88 Å². The molecular weight excluding hydrogens is 280 g/mol. The summed E-state index contributed by atoms with van der Waals surface area (Å²) >= 11 is 0. The molecule has 0 radical (unpaired) electrons. The van der Waals surface area contributed by atoms with Crippen LogP contribution in [0.4, 0.5) is 0 Å². The molecule has 1 aromatic heterocycles. The van der Waals surface area contributed by atoms with Crippen molar-refractivity contribution in [3.8, 4) is 0 Å². The molecule has 0 bridgehead atoms. The first-order chi connectivity index (χ1) is 10.7. The number of aryl methyl sites for hydroxylation is 1. The number of oxazole rings is 1. The van der Waals surface area contributed by atoms with Gasteiger partial charge in [0.1, 0.15) is 5.76 Å². The molecule has 22 heavy (non-hydrogen) atoms. The number of carboxylic acids is 1. The minimum atomic E-state index is -0.738. The molecule has 0 spiro atoms. The van der Waals surface area contributed by atoms with Gasteiger partial charge in [0.15, 0.2) is 0 Å². The summed E-state index contributed by atoms with van der Waals surface area (Å²) < 4.78 is 5.63. The predicted molar refractivity (Wildman–Crippen MR) is 81.5 cm³/mol. The fraction of sp³-hybridized carbons (Fsp3) is 0.412. The Kier molecular flexibility index (Phi) is 4.24. The summed E-state index contributed by atoms with van der Waals surface area (Å²) in [6.45, 7) is 3.82. The molecule has 1 fully saturated rings. The van der Waals surface area contributed by atoms with E-state index >= 15 is 0 Å². The Morgan fingerprint density at radius 3 is 2.77 bits per heavy atom. The zero-order valence-corrected chi connectivity index (χ0v) is 12.6. The van der Waals surface area contributed by atoms with Gasteiger partial charge in [-0.3, -0.25) is 9.69 Å². The molecule has 0 unspecified atom stereocenters. The molecule has 5 nitrogen and oxygen atoms in total. The van der Waals surface area contributed by atoms with Crippen molar-refractivity contribution in [2.45, 2.75) is 25.8 Å². The van der Waals surface area contributed by atoms with E-state index in [1.807, 2.05) is 37.3 Å². The average Bonchev–Trinajstić information content (AvgIpc) is 3.15. The van der Waals surface area contributed by atoms with Crippen LogP contribution in [-0.4, -0.2) is 34.0 Å². The number of carboxylic acid groups (broad SMARTS) is 1. The number of benzene rings is 1. The van der Waals surface area contributed by atoms with Crippen molar-refractivity contribution in [1.82, 2.24) is 9.88 Å². The van der Waals surface area contributed by atoms with E-state index in [9.17, 15) is 9.90 Å². The molecule has 3 rings (SSSR count). The zero-order chi connectivity index (χ0) is 15.5. The van der Waals surface area contributed by atoms with E-state index in [1.54, 1.807) is 6.20 Å². The average molecular weight is 300 g/mol. The molecule has 0 saturated carbocycles. The number of likely N-dealkylation sites (tertiary alicyclic amines) is 1. The van der Waals surface area contributed by atoms with Crippen LogP contribution in [0.15, 0.2) is 40.9 Å². The standard InChI is InChI=1S/C17H20N2O3/c1-2-13-8-18-16(22-13)11-19-9-14(15(10-19)17(20)21)12-6-4-3-5-7-12/h3-8,14-15H,2,9-11H2,1H3,(H,20,21)/t14-,15-/m1/s1. The number of carbonyl (C=O) groups is 1. The molecular formula is C17H20N2O3. The maximum atomic E-state index is 11.6. The van der Waals surface area contributed by atoms with E-state index in [-0.39, 0.29) is 11.8 Å². The van der Waals surface area contributed by atoms with E-state index in [1.165, 1.54) is 0 Å². The fourth-order valence-corrected chi connectivity index (χ4v) is 3.08. The minimum absolute atomic E-state index is 0.0132. The molecule has 2 aromatic rings. The van der Waals surface area contributed by atoms with Crippen LogP contribution in [0.2, 0.25) is 0 Å². The van der Waals surface area contributed by atoms with Gasteiger partial charge in [0.25, 0.3) is 0 Å². The van der Waals surface area contributed by atoms with Crippen LogP contribution < -0.4 is 0 Å². The van der Waals surface area contributed by atoms with Crippen molar-refractivity contribution in [2.75, 3.05) is 13.1 Å². The van der Waals surface area contributed by atoms with E-state index in [4.69, 9.17) is 4.42 Å². The van der Waals surface area contributed by atoms with Gasteiger partial charge >= 0.3 is 5.97 Å². The van der Waals surface area contributed by atoms with Crippen LogP contribution in [0.5, 0.6) is 0 Å². The second-order valence-electron chi connectivity index (χ2n) is 5.73. The van der Waals surface area contributed by atoms with E-state index in [0.29, 0.717) is 25.5 Å². The van der Waals surface area contributed by atoms with E-state index < -0.39 is 5.97 Å². The lowest BCUT2D eigenvalue weighted by atomic mass is 9.89. The first-order valence-corrected chi connectivity index (χ1v) is 7.61. The third kappa shape index (κ3) is 3.04. The summed E-state index contributed by atoms with van der Waals surface area (Å²) in [5.41, 5.74) is 1.08. The molecule has 1 saturated heterocycles. The molecule has 2 atom stereocenters. The third-order valence-electron chi connectivity index (χ3n) is 4.25. The van der Waals surface area contributed by atoms with E-state index in [0.717, 1.165) is 17.7 Å². The summed E-state index contributed by atoms with van der Waals surface area (Å²) in [5.74, 6) is 0.415. The van der Waals surface area contributed by atoms with Gasteiger partial charge in [-0.15, -0.1) is 0 Å². The van der Waals surface area contributed by atoms with Crippen molar-refractivity contribution in [3.63, 3.8) is 0 Å². The quantitative estimate of drug-likeness (QED) is 0.919. The molecule has 1 aromatic carbocycles. The summed E-state index contributed by atoms with van der Waals surface area (Å²) in [7, 11) is 0. The molecule has 5 heteroatoms. The Hall–Kier alpha value is -2.14. The van der Waals surface area contributed by atoms with Crippen LogP contribution in [0.1, 0.15) is 30.1 Å². The Bertz CT molecular complexity index is 638. The van der Waals surface area contributed by atoms with Crippen LogP contribution in [-0.2, 0) is 17.8 Å². The lowest BCUT2D eigenvalue weighted by Gasteiger charge is -2.15. The molecule has 0 amide bonds. The lowest BCUT2D eigenvalue weighted by Crippen LogP contribution is -2.23. The third-order valence-corrected chi connectivity index (χ3v) is 4.25. The van der Waals surface area contributed by atoms with Crippen molar-refractivity contribution < 1.29 is 14.3 Å². The highest BCUT2D eigenvalue weighted by Crippen LogP contribution is 2.33. The smallest absolute Gasteiger partial charge is 0.308 e. The first kappa shape index (κ1) is 14.8. The van der Waals surface area contributed by atoms with Gasteiger partial charge < -0.3 is 9.52 Å². The van der Waals surface area contributed by atoms with Gasteiger partial charge in [-0.2, -0.15) is 0 Å². The topological polar surface area (TPSA) is 66.6 Å². The van der Waals surface area contributed by atoms with Gasteiger partial charge in [-0.1, -0.05) is 37.3 Å². The second kappa shape index (κ2) is 6.32. The van der Waals surface area contributed by atoms with Crippen molar-refractivity contribution in [1.29, 1.82) is 0 Å². The Morgan fingerprint density at radius 2 is 2.14 bits per heavy atom. The Morgan fingerprint density at radius 1 is 1.36 bits per heavy atom. The van der Waals surface area contributed by atoms with Gasteiger partial charge in [0, 0.05) is 25.4 Å². The van der Waals surface area contributed by atoms with Crippen LogP contribution in [0.25, 0.3) is 0 Å². The number of aliphatic carboxylic acids is 1. The van der Waals surface area contributed by atoms with Crippen LogP contribution in [0.3, 0.4) is 0 Å². The SMILES string of the molecule is CCc1cnc(CN2C[C@H](c3ccccc3)[C@H](C(=O)O)C2)o1. The first-order valence-electron chi connectivity index (χ1n) is 7.61. The number of hydrogen-bond acceptors (Lipinski definition) is 4. The maximum absolute atomic E-state index is 11.6. The highest BCUT2D eigenvalue weighted by Gasteiger charge is 2.38.